The maximum absolute atomic E-state index is 12.7. The van der Waals surface area contributed by atoms with Crippen LogP contribution in [0.1, 0.15) is 56.1 Å². The van der Waals surface area contributed by atoms with E-state index in [0.29, 0.717) is 11.5 Å². The molecule has 3 rings (SSSR count). The van der Waals surface area contributed by atoms with E-state index in [1.807, 2.05) is 31.2 Å². The normalized spacial score (nSPS) is 23.2. The van der Waals surface area contributed by atoms with Crippen LogP contribution in [0.4, 0.5) is 0 Å². The lowest BCUT2D eigenvalue weighted by molar-refractivity contribution is -0.118. The van der Waals surface area contributed by atoms with Gasteiger partial charge in [0.2, 0.25) is 0 Å². The lowest BCUT2D eigenvalue weighted by Crippen LogP contribution is -2.45. The molecule has 2 N–H and O–H groups in total. The number of carbonyl (C=O) groups excluding carboxylic acids is 2. The lowest BCUT2D eigenvalue weighted by Gasteiger charge is -2.39. The van der Waals surface area contributed by atoms with E-state index in [-0.39, 0.29) is 11.5 Å². The van der Waals surface area contributed by atoms with Crippen LogP contribution < -0.4 is 5.32 Å². The van der Waals surface area contributed by atoms with E-state index in [2.05, 4.69) is 31.1 Å². The fraction of sp³-hybridized carbons (Fsp3) is 0.500. The minimum absolute atomic E-state index is 0.0747. The lowest BCUT2D eigenvalue weighted by atomic mass is 9.70. The third-order valence-corrected chi connectivity index (χ3v) is 5.05. The molecule has 2 atom stereocenters. The van der Waals surface area contributed by atoms with Gasteiger partial charge in [-0.3, -0.25) is 9.59 Å². The summed E-state index contributed by atoms with van der Waals surface area (Å²) in [5, 5.41) is 3.79. The van der Waals surface area contributed by atoms with Crippen molar-refractivity contribution < 1.29 is 9.59 Å². The molecule has 0 saturated heterocycles. The van der Waals surface area contributed by atoms with E-state index in [0.717, 1.165) is 35.9 Å². The summed E-state index contributed by atoms with van der Waals surface area (Å²) < 4.78 is 0. The zero-order valence-corrected chi connectivity index (χ0v) is 14.9. The van der Waals surface area contributed by atoms with Gasteiger partial charge in [-0.2, -0.15) is 0 Å². The Morgan fingerprint density at radius 2 is 1.92 bits per heavy atom. The molecule has 4 heteroatoms. The fourth-order valence-electron chi connectivity index (χ4n) is 4.39. The second kappa shape index (κ2) is 6.08. The average molecular weight is 326 g/mol. The summed E-state index contributed by atoms with van der Waals surface area (Å²) in [6, 6.07) is 7.67. The number of Topliss-reactive ketones (excluding diaryl/α,β-unsaturated/α-hetero) is 1. The average Bonchev–Trinajstić information content (AvgIpc) is 2.79. The number of aromatic amines is 1. The number of para-hydroxylation sites is 1. The van der Waals surface area contributed by atoms with Crippen LogP contribution in [0.5, 0.6) is 0 Å². The maximum atomic E-state index is 12.7. The van der Waals surface area contributed by atoms with Crippen molar-refractivity contribution in [2.45, 2.75) is 53.0 Å². The molecule has 0 spiro atoms. The number of nitrogens with one attached hydrogen (secondary N) is 2. The van der Waals surface area contributed by atoms with Crippen molar-refractivity contribution in [3.05, 3.63) is 35.5 Å². The summed E-state index contributed by atoms with van der Waals surface area (Å²) in [6.07, 6.45) is 3.02. The highest BCUT2D eigenvalue weighted by atomic mass is 16.2. The predicted molar refractivity (Wildman–Crippen MR) is 96.1 cm³/mol. The third kappa shape index (κ3) is 3.23. The third-order valence-electron chi connectivity index (χ3n) is 5.05. The highest BCUT2D eigenvalue weighted by Crippen LogP contribution is 2.38. The molecular formula is C20H26N2O2. The number of amides is 1. The van der Waals surface area contributed by atoms with Crippen LogP contribution in [0.3, 0.4) is 0 Å². The molecule has 1 aliphatic rings. The van der Waals surface area contributed by atoms with Crippen LogP contribution in [0.15, 0.2) is 24.3 Å². The molecule has 1 saturated carbocycles. The van der Waals surface area contributed by atoms with E-state index in [9.17, 15) is 9.59 Å². The van der Waals surface area contributed by atoms with Crippen LogP contribution >= 0.6 is 0 Å². The molecule has 24 heavy (non-hydrogen) atoms. The number of aryl methyl sites for hydroxylation is 1. The van der Waals surface area contributed by atoms with Gasteiger partial charge in [-0.15, -0.1) is 0 Å². The molecule has 1 aromatic carbocycles. The van der Waals surface area contributed by atoms with Crippen LogP contribution in [0.2, 0.25) is 0 Å². The van der Waals surface area contributed by atoms with Gasteiger partial charge in [-0.25, -0.2) is 0 Å². The first kappa shape index (κ1) is 16.7. The minimum Gasteiger partial charge on any atom is -0.358 e. The summed E-state index contributed by atoms with van der Waals surface area (Å²) in [5.74, 6) is -0.372. The first-order valence-corrected chi connectivity index (χ1v) is 8.69. The highest BCUT2D eigenvalue weighted by Gasteiger charge is 2.34. The Balaban J connectivity index is 1.80. The maximum Gasteiger partial charge on any atom is 0.292 e. The Bertz CT molecular complexity index is 788. The summed E-state index contributed by atoms with van der Waals surface area (Å²) in [6.45, 7) is 8.51. The van der Waals surface area contributed by atoms with Gasteiger partial charge < -0.3 is 10.3 Å². The Morgan fingerprint density at radius 1 is 1.21 bits per heavy atom. The molecule has 0 radical (unpaired) electrons. The molecule has 0 aliphatic heterocycles. The van der Waals surface area contributed by atoms with Gasteiger partial charge in [0.25, 0.3) is 11.7 Å². The Labute approximate surface area is 143 Å². The van der Waals surface area contributed by atoms with Gasteiger partial charge in [0, 0.05) is 22.6 Å². The van der Waals surface area contributed by atoms with Crippen molar-refractivity contribution in [2.75, 3.05) is 0 Å². The molecule has 128 valence electrons. The summed E-state index contributed by atoms with van der Waals surface area (Å²) >= 11 is 0. The number of hydrogen-bond acceptors (Lipinski definition) is 2. The van der Waals surface area contributed by atoms with E-state index >= 15 is 0 Å². The minimum atomic E-state index is -0.488. The quantitative estimate of drug-likeness (QED) is 0.662. The van der Waals surface area contributed by atoms with Crippen molar-refractivity contribution >= 4 is 22.6 Å². The zero-order chi connectivity index (χ0) is 17.5. The number of benzene rings is 1. The van der Waals surface area contributed by atoms with Crippen LogP contribution in [-0.4, -0.2) is 22.7 Å². The molecule has 1 aromatic heterocycles. The van der Waals surface area contributed by atoms with Crippen molar-refractivity contribution in [3.63, 3.8) is 0 Å². The van der Waals surface area contributed by atoms with Crippen molar-refractivity contribution in [2.24, 2.45) is 11.3 Å². The van der Waals surface area contributed by atoms with E-state index in [4.69, 9.17) is 0 Å². The standard InChI is InChI=1S/C20H26N2O2/c1-12-9-14(11-20(3,4)10-12)22-19(24)18(23)17-13(2)21-16-8-6-5-7-15(16)17/h5-8,12,14,21H,9-11H2,1-4H3,(H,22,24). The largest absolute Gasteiger partial charge is 0.358 e. The first-order valence-electron chi connectivity index (χ1n) is 8.69. The van der Waals surface area contributed by atoms with Crippen molar-refractivity contribution in [3.8, 4) is 0 Å². The number of fused-ring (bicyclic) bond motifs is 1. The van der Waals surface area contributed by atoms with Crippen LogP contribution in [-0.2, 0) is 4.79 Å². The summed E-state index contributed by atoms with van der Waals surface area (Å²) in [7, 11) is 0. The Morgan fingerprint density at radius 3 is 2.62 bits per heavy atom. The second-order valence-electron chi connectivity index (χ2n) is 8.08. The van der Waals surface area contributed by atoms with Crippen LogP contribution in [0.25, 0.3) is 10.9 Å². The number of rotatable bonds is 3. The smallest absolute Gasteiger partial charge is 0.292 e. The Hall–Kier alpha value is -2.10. The Kier molecular flexibility index (Phi) is 4.24. The second-order valence-corrected chi connectivity index (χ2v) is 8.08. The molecule has 2 unspecified atom stereocenters. The molecule has 1 fully saturated rings. The van der Waals surface area contributed by atoms with Gasteiger partial charge in [0.05, 0.1) is 5.56 Å². The van der Waals surface area contributed by atoms with Gasteiger partial charge in [-0.1, -0.05) is 39.0 Å². The van der Waals surface area contributed by atoms with Gasteiger partial charge >= 0.3 is 0 Å². The van der Waals surface area contributed by atoms with Crippen LogP contribution in [0, 0.1) is 18.3 Å². The van der Waals surface area contributed by atoms with Gasteiger partial charge in [0.15, 0.2) is 0 Å². The van der Waals surface area contributed by atoms with Crippen molar-refractivity contribution in [1.29, 1.82) is 0 Å². The number of H-pyrrole nitrogens is 1. The molecule has 1 heterocycles. The number of carbonyl (C=O) groups is 2. The van der Waals surface area contributed by atoms with Crippen molar-refractivity contribution in [1.82, 2.24) is 10.3 Å². The van der Waals surface area contributed by atoms with E-state index < -0.39 is 11.7 Å². The number of hydrogen-bond donors (Lipinski definition) is 2. The molecule has 2 aromatic rings. The SMILES string of the molecule is Cc1[nH]c2ccccc2c1C(=O)C(=O)NC1CC(C)CC(C)(C)C1. The number of ketones is 1. The molecule has 1 aliphatic carbocycles. The molecular weight excluding hydrogens is 300 g/mol. The summed E-state index contributed by atoms with van der Waals surface area (Å²) in [4.78, 5) is 28.5. The fourth-order valence-corrected chi connectivity index (χ4v) is 4.39. The van der Waals surface area contributed by atoms with Gasteiger partial charge in [0.1, 0.15) is 0 Å². The number of aromatic nitrogens is 1. The molecule has 4 nitrogen and oxygen atoms in total. The van der Waals surface area contributed by atoms with Gasteiger partial charge in [-0.05, 0) is 43.6 Å². The highest BCUT2D eigenvalue weighted by molar-refractivity contribution is 6.45. The first-order chi connectivity index (χ1) is 11.3. The van der Waals surface area contributed by atoms with E-state index in [1.165, 1.54) is 0 Å². The predicted octanol–water partition coefficient (Wildman–Crippen LogP) is 3.99. The zero-order valence-electron chi connectivity index (χ0n) is 14.9. The molecule has 0 bridgehead atoms. The topological polar surface area (TPSA) is 62.0 Å². The molecule has 1 amide bonds. The summed E-state index contributed by atoms with van der Waals surface area (Å²) in [5.41, 5.74) is 2.33. The monoisotopic (exact) mass is 326 g/mol. The van der Waals surface area contributed by atoms with E-state index in [1.54, 1.807) is 0 Å².